The average Bonchev–Trinajstić information content (AvgIpc) is 2.45. The molecule has 0 aliphatic rings. The Balaban J connectivity index is 2.76. The zero-order valence-electron chi connectivity index (χ0n) is 11.7. The number of nitrogens with zero attached hydrogens (tertiary/aromatic N) is 3. The SMILES string of the molecule is CCCn1nc(C)c(CN(C)C[C@@H](C)O)c1C. The molecule has 0 aliphatic carbocycles. The second kappa shape index (κ2) is 6.17. The van der Waals surface area contributed by atoms with Crippen molar-refractivity contribution in [1.82, 2.24) is 14.7 Å². The normalized spacial score (nSPS) is 13.4. The van der Waals surface area contributed by atoms with Gasteiger partial charge in [0.05, 0.1) is 11.8 Å². The minimum Gasteiger partial charge on any atom is -0.392 e. The molecule has 1 heterocycles. The van der Waals surface area contributed by atoms with Crippen LogP contribution in [0.5, 0.6) is 0 Å². The number of aryl methyl sites for hydroxylation is 2. The predicted molar refractivity (Wildman–Crippen MR) is 70.0 cm³/mol. The first kappa shape index (κ1) is 14.2. The fourth-order valence-electron chi connectivity index (χ4n) is 2.18. The van der Waals surface area contributed by atoms with Crippen molar-refractivity contribution in [3.05, 3.63) is 17.0 Å². The first-order chi connectivity index (χ1) is 7.95. The summed E-state index contributed by atoms with van der Waals surface area (Å²) in [6.07, 6.45) is 0.816. The molecule has 1 atom stereocenters. The molecule has 4 heteroatoms. The van der Waals surface area contributed by atoms with E-state index in [2.05, 4.69) is 35.5 Å². The van der Waals surface area contributed by atoms with Gasteiger partial charge in [-0.25, -0.2) is 0 Å². The molecule has 0 saturated heterocycles. The fourth-order valence-corrected chi connectivity index (χ4v) is 2.18. The molecule has 17 heavy (non-hydrogen) atoms. The van der Waals surface area contributed by atoms with Crippen LogP contribution >= 0.6 is 0 Å². The van der Waals surface area contributed by atoms with Crippen LogP contribution < -0.4 is 0 Å². The van der Waals surface area contributed by atoms with Gasteiger partial charge >= 0.3 is 0 Å². The quantitative estimate of drug-likeness (QED) is 0.822. The van der Waals surface area contributed by atoms with Gasteiger partial charge in [-0.1, -0.05) is 6.92 Å². The Kier molecular flexibility index (Phi) is 5.15. The van der Waals surface area contributed by atoms with E-state index >= 15 is 0 Å². The van der Waals surface area contributed by atoms with Crippen LogP contribution in [-0.2, 0) is 13.1 Å². The summed E-state index contributed by atoms with van der Waals surface area (Å²) in [6, 6.07) is 0. The van der Waals surface area contributed by atoms with E-state index in [0.717, 1.165) is 25.2 Å². The van der Waals surface area contributed by atoms with Crippen molar-refractivity contribution in [2.24, 2.45) is 0 Å². The molecule has 0 radical (unpaired) electrons. The van der Waals surface area contributed by atoms with E-state index in [1.165, 1.54) is 11.3 Å². The average molecular weight is 239 g/mol. The van der Waals surface area contributed by atoms with E-state index < -0.39 is 0 Å². The summed E-state index contributed by atoms with van der Waals surface area (Å²) in [6.45, 7) is 10.7. The van der Waals surface area contributed by atoms with Gasteiger partial charge in [-0.2, -0.15) is 5.10 Å². The lowest BCUT2D eigenvalue weighted by atomic mass is 10.2. The van der Waals surface area contributed by atoms with E-state index in [-0.39, 0.29) is 6.10 Å². The highest BCUT2D eigenvalue weighted by Crippen LogP contribution is 2.15. The molecule has 1 N–H and O–H groups in total. The Bertz CT molecular complexity index is 358. The minimum atomic E-state index is -0.286. The highest BCUT2D eigenvalue weighted by atomic mass is 16.3. The maximum absolute atomic E-state index is 9.37. The fraction of sp³-hybridized carbons (Fsp3) is 0.769. The van der Waals surface area contributed by atoms with Crippen molar-refractivity contribution in [1.29, 1.82) is 0 Å². The molecule has 0 saturated carbocycles. The number of aliphatic hydroxyl groups excluding tert-OH is 1. The Labute approximate surface area is 104 Å². The minimum absolute atomic E-state index is 0.286. The standard InChI is InChI=1S/C13H25N3O/c1-6-7-16-12(4)13(11(3)14-16)9-15(5)8-10(2)17/h10,17H,6-9H2,1-5H3/t10-/m1/s1. The first-order valence-electron chi connectivity index (χ1n) is 6.35. The molecule has 1 aromatic rings. The van der Waals surface area contributed by atoms with Crippen molar-refractivity contribution in [3.63, 3.8) is 0 Å². The van der Waals surface area contributed by atoms with E-state index in [0.29, 0.717) is 6.54 Å². The monoisotopic (exact) mass is 239 g/mol. The zero-order valence-corrected chi connectivity index (χ0v) is 11.7. The van der Waals surface area contributed by atoms with Crippen LogP contribution in [0.25, 0.3) is 0 Å². The second-order valence-corrected chi connectivity index (χ2v) is 4.92. The topological polar surface area (TPSA) is 41.3 Å². The number of aromatic nitrogens is 2. The number of hydrogen-bond donors (Lipinski definition) is 1. The lowest BCUT2D eigenvalue weighted by Crippen LogP contribution is -2.27. The molecule has 0 unspecified atom stereocenters. The summed E-state index contributed by atoms with van der Waals surface area (Å²) in [5, 5.41) is 13.9. The van der Waals surface area contributed by atoms with E-state index in [4.69, 9.17) is 0 Å². The maximum atomic E-state index is 9.37. The molecular weight excluding hydrogens is 214 g/mol. The molecule has 1 aromatic heterocycles. The number of rotatable bonds is 6. The van der Waals surface area contributed by atoms with E-state index in [9.17, 15) is 5.11 Å². The molecule has 1 rings (SSSR count). The molecule has 98 valence electrons. The van der Waals surface area contributed by atoms with Gasteiger partial charge in [-0.3, -0.25) is 9.58 Å². The van der Waals surface area contributed by atoms with Crippen LogP contribution in [0.3, 0.4) is 0 Å². The van der Waals surface area contributed by atoms with Gasteiger partial charge in [-0.15, -0.1) is 0 Å². The number of aliphatic hydroxyl groups is 1. The van der Waals surface area contributed by atoms with Crippen molar-refractivity contribution in [2.45, 2.75) is 53.3 Å². The first-order valence-corrected chi connectivity index (χ1v) is 6.35. The van der Waals surface area contributed by atoms with Gasteiger partial charge in [-0.05, 0) is 34.2 Å². The van der Waals surface area contributed by atoms with Crippen LogP contribution in [-0.4, -0.2) is 39.5 Å². The second-order valence-electron chi connectivity index (χ2n) is 4.92. The number of likely N-dealkylation sites (N-methyl/N-ethyl adjacent to an activating group) is 1. The molecule has 0 fully saturated rings. The summed E-state index contributed by atoms with van der Waals surface area (Å²) >= 11 is 0. The lowest BCUT2D eigenvalue weighted by molar-refractivity contribution is 0.138. The molecule has 0 bridgehead atoms. The Morgan fingerprint density at radius 3 is 2.59 bits per heavy atom. The zero-order chi connectivity index (χ0) is 13.0. The molecule has 4 nitrogen and oxygen atoms in total. The van der Waals surface area contributed by atoms with Crippen molar-refractivity contribution in [3.8, 4) is 0 Å². The highest BCUT2D eigenvalue weighted by Gasteiger charge is 2.13. The lowest BCUT2D eigenvalue weighted by Gasteiger charge is -2.18. The van der Waals surface area contributed by atoms with E-state index in [1.54, 1.807) is 0 Å². The van der Waals surface area contributed by atoms with Crippen molar-refractivity contribution >= 4 is 0 Å². The largest absolute Gasteiger partial charge is 0.392 e. The predicted octanol–water partition coefficient (Wildman–Crippen LogP) is 1.72. The Morgan fingerprint density at radius 2 is 2.06 bits per heavy atom. The van der Waals surface area contributed by atoms with Crippen LogP contribution in [0.4, 0.5) is 0 Å². The summed E-state index contributed by atoms with van der Waals surface area (Å²) in [5.74, 6) is 0. The van der Waals surface area contributed by atoms with Crippen LogP contribution in [0, 0.1) is 13.8 Å². The summed E-state index contributed by atoms with van der Waals surface area (Å²) in [5.41, 5.74) is 3.65. The van der Waals surface area contributed by atoms with Crippen LogP contribution in [0.15, 0.2) is 0 Å². The van der Waals surface area contributed by atoms with Crippen LogP contribution in [0.2, 0.25) is 0 Å². The molecular formula is C13H25N3O. The van der Waals surface area contributed by atoms with Gasteiger partial charge in [0, 0.05) is 30.9 Å². The smallest absolute Gasteiger partial charge is 0.0641 e. The molecule has 0 spiro atoms. The third kappa shape index (κ3) is 3.82. The summed E-state index contributed by atoms with van der Waals surface area (Å²) in [4.78, 5) is 2.14. The highest BCUT2D eigenvalue weighted by molar-refractivity contribution is 5.24. The van der Waals surface area contributed by atoms with Gasteiger partial charge in [0.2, 0.25) is 0 Å². The van der Waals surface area contributed by atoms with Gasteiger partial charge in [0.1, 0.15) is 0 Å². The maximum Gasteiger partial charge on any atom is 0.0641 e. The Morgan fingerprint density at radius 1 is 1.41 bits per heavy atom. The Hall–Kier alpha value is -0.870. The van der Waals surface area contributed by atoms with Gasteiger partial charge in [0.25, 0.3) is 0 Å². The van der Waals surface area contributed by atoms with Gasteiger partial charge in [0.15, 0.2) is 0 Å². The number of hydrogen-bond acceptors (Lipinski definition) is 3. The molecule has 0 amide bonds. The van der Waals surface area contributed by atoms with Gasteiger partial charge < -0.3 is 5.11 Å². The van der Waals surface area contributed by atoms with Crippen molar-refractivity contribution < 1.29 is 5.11 Å². The molecule has 0 aromatic carbocycles. The molecule has 0 aliphatic heterocycles. The summed E-state index contributed by atoms with van der Waals surface area (Å²) in [7, 11) is 2.03. The summed E-state index contributed by atoms with van der Waals surface area (Å²) < 4.78 is 2.08. The van der Waals surface area contributed by atoms with Crippen LogP contribution in [0.1, 0.15) is 37.2 Å². The van der Waals surface area contributed by atoms with E-state index in [1.807, 2.05) is 14.0 Å². The third-order valence-electron chi connectivity index (χ3n) is 2.97. The third-order valence-corrected chi connectivity index (χ3v) is 2.97. The van der Waals surface area contributed by atoms with Crippen molar-refractivity contribution in [2.75, 3.05) is 13.6 Å².